The van der Waals surface area contributed by atoms with Gasteiger partial charge in [-0.05, 0) is 31.0 Å². The molecule has 1 atom stereocenters. The van der Waals surface area contributed by atoms with Gasteiger partial charge in [-0.15, -0.1) is 11.6 Å². The van der Waals surface area contributed by atoms with Gasteiger partial charge in [0.05, 0.1) is 14.2 Å². The minimum atomic E-state index is -0.590. The monoisotopic (exact) mass is 229 g/mol. The summed E-state index contributed by atoms with van der Waals surface area (Å²) >= 11 is 5.88. The van der Waals surface area contributed by atoms with Crippen molar-refractivity contribution in [3.63, 3.8) is 0 Å². The normalized spacial score (nSPS) is 12.4. The Hall–Kier alpha value is -0.930. The molecule has 15 heavy (non-hydrogen) atoms. The van der Waals surface area contributed by atoms with Gasteiger partial charge in [0.2, 0.25) is 0 Å². The van der Waals surface area contributed by atoms with E-state index in [1.165, 1.54) is 0 Å². The highest BCUT2D eigenvalue weighted by Crippen LogP contribution is 2.36. The van der Waals surface area contributed by atoms with Crippen molar-refractivity contribution in [1.29, 1.82) is 0 Å². The first-order valence-corrected chi connectivity index (χ1v) is 5.08. The molecule has 0 aromatic heterocycles. The van der Waals surface area contributed by atoms with Gasteiger partial charge in [0.25, 0.3) is 0 Å². The summed E-state index contributed by atoms with van der Waals surface area (Å²) in [7, 11) is 3.23. The zero-order chi connectivity index (χ0) is 11.6. The van der Waals surface area contributed by atoms with E-state index in [-0.39, 0.29) is 0 Å². The van der Waals surface area contributed by atoms with Gasteiger partial charge in [0.1, 0.15) is 17.0 Å². The molecule has 0 spiro atoms. The summed E-state index contributed by atoms with van der Waals surface area (Å²) < 4.78 is 10.5. The Morgan fingerprint density at radius 3 is 2.20 bits per heavy atom. The SMILES string of the molecule is COc1cc(C(N)Cl)c(OC)c(C)c1C. The zero-order valence-electron chi connectivity index (χ0n) is 9.43. The summed E-state index contributed by atoms with van der Waals surface area (Å²) in [6, 6.07) is 1.82. The van der Waals surface area contributed by atoms with Gasteiger partial charge in [-0.3, -0.25) is 0 Å². The van der Waals surface area contributed by atoms with Gasteiger partial charge >= 0.3 is 0 Å². The molecule has 0 saturated carbocycles. The van der Waals surface area contributed by atoms with E-state index in [0.717, 1.165) is 28.2 Å². The van der Waals surface area contributed by atoms with Crippen LogP contribution in [0.25, 0.3) is 0 Å². The van der Waals surface area contributed by atoms with Crippen molar-refractivity contribution in [2.24, 2.45) is 5.73 Å². The maximum atomic E-state index is 5.88. The number of methoxy groups -OCH3 is 2. The third kappa shape index (κ3) is 2.19. The van der Waals surface area contributed by atoms with Gasteiger partial charge in [-0.1, -0.05) is 0 Å². The van der Waals surface area contributed by atoms with Crippen molar-refractivity contribution >= 4 is 11.6 Å². The van der Waals surface area contributed by atoms with Crippen LogP contribution >= 0.6 is 11.6 Å². The van der Waals surface area contributed by atoms with E-state index in [1.807, 2.05) is 19.9 Å². The second-order valence-electron chi connectivity index (χ2n) is 3.35. The van der Waals surface area contributed by atoms with Gasteiger partial charge in [0, 0.05) is 5.56 Å². The first-order valence-electron chi connectivity index (χ1n) is 4.64. The number of benzene rings is 1. The average Bonchev–Trinajstić information content (AvgIpc) is 2.21. The molecule has 3 nitrogen and oxygen atoms in total. The summed E-state index contributed by atoms with van der Waals surface area (Å²) in [6.07, 6.45) is 0. The van der Waals surface area contributed by atoms with Gasteiger partial charge < -0.3 is 15.2 Å². The van der Waals surface area contributed by atoms with E-state index in [1.54, 1.807) is 14.2 Å². The Bertz CT molecular complexity index is 364. The number of hydrogen-bond donors (Lipinski definition) is 1. The second-order valence-corrected chi connectivity index (χ2v) is 3.82. The summed E-state index contributed by atoms with van der Waals surface area (Å²) in [5, 5.41) is 0. The van der Waals surface area contributed by atoms with Crippen LogP contribution in [0.1, 0.15) is 22.2 Å². The van der Waals surface area contributed by atoms with Crippen LogP contribution in [0.5, 0.6) is 11.5 Å². The van der Waals surface area contributed by atoms with E-state index < -0.39 is 5.50 Å². The molecule has 1 aromatic carbocycles. The molecule has 0 aliphatic rings. The summed E-state index contributed by atoms with van der Waals surface area (Å²) in [5.41, 5.74) is 7.86. The van der Waals surface area contributed by atoms with Crippen LogP contribution in [0.4, 0.5) is 0 Å². The van der Waals surface area contributed by atoms with Crippen LogP contribution in [-0.2, 0) is 0 Å². The molecule has 4 heteroatoms. The van der Waals surface area contributed by atoms with Gasteiger partial charge in [-0.2, -0.15) is 0 Å². The Balaban J connectivity index is 3.44. The highest BCUT2D eigenvalue weighted by atomic mass is 35.5. The maximum Gasteiger partial charge on any atom is 0.128 e. The minimum absolute atomic E-state index is 0.590. The highest BCUT2D eigenvalue weighted by molar-refractivity contribution is 6.20. The molecule has 84 valence electrons. The molecule has 0 fully saturated rings. The number of ether oxygens (including phenoxy) is 2. The lowest BCUT2D eigenvalue weighted by atomic mass is 10.0. The number of hydrogen-bond acceptors (Lipinski definition) is 3. The number of nitrogens with two attached hydrogens (primary N) is 1. The van der Waals surface area contributed by atoms with Crippen LogP contribution in [0, 0.1) is 13.8 Å². The Kier molecular flexibility index (Phi) is 3.83. The number of halogens is 1. The van der Waals surface area contributed by atoms with E-state index >= 15 is 0 Å². The minimum Gasteiger partial charge on any atom is -0.496 e. The van der Waals surface area contributed by atoms with Crippen LogP contribution in [0.15, 0.2) is 6.07 Å². The molecule has 0 heterocycles. The molecule has 2 N–H and O–H groups in total. The number of alkyl halides is 1. The fourth-order valence-corrected chi connectivity index (χ4v) is 1.74. The van der Waals surface area contributed by atoms with E-state index in [0.29, 0.717) is 0 Å². The summed E-state index contributed by atoms with van der Waals surface area (Å²) in [5.74, 6) is 1.51. The van der Waals surface area contributed by atoms with Crippen LogP contribution < -0.4 is 15.2 Å². The molecular formula is C11H16ClNO2. The van der Waals surface area contributed by atoms with Gasteiger partial charge in [-0.25, -0.2) is 0 Å². The molecule has 1 unspecified atom stereocenters. The Labute approximate surface area is 95.1 Å². The Morgan fingerprint density at radius 1 is 1.20 bits per heavy atom. The van der Waals surface area contributed by atoms with Crippen LogP contribution in [-0.4, -0.2) is 14.2 Å². The largest absolute Gasteiger partial charge is 0.496 e. The van der Waals surface area contributed by atoms with Crippen molar-refractivity contribution < 1.29 is 9.47 Å². The van der Waals surface area contributed by atoms with Crippen LogP contribution in [0.2, 0.25) is 0 Å². The van der Waals surface area contributed by atoms with E-state index in [2.05, 4.69) is 0 Å². The molecule has 1 aromatic rings. The van der Waals surface area contributed by atoms with Gasteiger partial charge in [0.15, 0.2) is 0 Å². The lowest BCUT2D eigenvalue weighted by Crippen LogP contribution is -2.07. The average molecular weight is 230 g/mol. The molecule has 0 bridgehead atoms. The molecular weight excluding hydrogens is 214 g/mol. The first kappa shape index (κ1) is 12.1. The van der Waals surface area contributed by atoms with E-state index in [9.17, 15) is 0 Å². The zero-order valence-corrected chi connectivity index (χ0v) is 10.2. The smallest absolute Gasteiger partial charge is 0.128 e. The maximum absolute atomic E-state index is 5.88. The van der Waals surface area contributed by atoms with Crippen molar-refractivity contribution in [3.05, 3.63) is 22.8 Å². The predicted octanol–water partition coefficient (Wildman–Crippen LogP) is 2.52. The molecule has 0 saturated heterocycles. The quantitative estimate of drug-likeness (QED) is 0.640. The lowest BCUT2D eigenvalue weighted by molar-refractivity contribution is 0.393. The van der Waals surface area contributed by atoms with Crippen molar-refractivity contribution in [2.75, 3.05) is 14.2 Å². The fraction of sp³-hybridized carbons (Fsp3) is 0.455. The Morgan fingerprint density at radius 2 is 1.80 bits per heavy atom. The first-order chi connectivity index (χ1) is 7.02. The topological polar surface area (TPSA) is 44.5 Å². The fourth-order valence-electron chi connectivity index (χ4n) is 1.57. The third-order valence-corrected chi connectivity index (χ3v) is 2.78. The highest BCUT2D eigenvalue weighted by Gasteiger charge is 2.16. The molecule has 0 radical (unpaired) electrons. The molecule has 0 amide bonds. The standard InChI is InChI=1S/C11H16ClNO2/c1-6-7(2)10(15-4)8(11(12)13)5-9(6)14-3/h5,11H,13H2,1-4H3. The summed E-state index contributed by atoms with van der Waals surface area (Å²) in [6.45, 7) is 3.93. The molecule has 1 rings (SSSR count). The molecule has 0 aliphatic carbocycles. The molecule has 0 aliphatic heterocycles. The third-order valence-electron chi connectivity index (χ3n) is 2.54. The summed E-state index contributed by atoms with van der Waals surface area (Å²) in [4.78, 5) is 0. The lowest BCUT2D eigenvalue weighted by Gasteiger charge is -2.17. The second kappa shape index (κ2) is 4.73. The van der Waals surface area contributed by atoms with Crippen molar-refractivity contribution in [2.45, 2.75) is 19.3 Å². The van der Waals surface area contributed by atoms with Crippen molar-refractivity contribution in [1.82, 2.24) is 0 Å². The predicted molar refractivity (Wildman–Crippen MR) is 61.8 cm³/mol. The van der Waals surface area contributed by atoms with Crippen molar-refractivity contribution in [3.8, 4) is 11.5 Å². The van der Waals surface area contributed by atoms with E-state index in [4.69, 9.17) is 26.8 Å². The van der Waals surface area contributed by atoms with Crippen LogP contribution in [0.3, 0.4) is 0 Å². The number of rotatable bonds is 3.